The van der Waals surface area contributed by atoms with Crippen molar-refractivity contribution in [3.63, 3.8) is 0 Å². The number of aliphatic hydroxyl groups is 1. The van der Waals surface area contributed by atoms with Gasteiger partial charge in [0.05, 0.1) is 6.61 Å². The van der Waals surface area contributed by atoms with Crippen LogP contribution in [0.3, 0.4) is 0 Å². The van der Waals surface area contributed by atoms with Crippen LogP contribution in [0.1, 0.15) is 28.5 Å². The molecular formula is C15H15ClN2O2. The van der Waals surface area contributed by atoms with Gasteiger partial charge in [0.1, 0.15) is 5.15 Å². The first-order chi connectivity index (χ1) is 9.62. The molecule has 4 nitrogen and oxygen atoms in total. The third-order valence-electron chi connectivity index (χ3n) is 2.84. The molecule has 20 heavy (non-hydrogen) atoms. The zero-order valence-corrected chi connectivity index (χ0v) is 11.8. The number of hydrogen-bond donors (Lipinski definition) is 2. The van der Waals surface area contributed by atoms with Gasteiger partial charge in [0.25, 0.3) is 5.91 Å². The number of nitrogens with one attached hydrogen (secondary N) is 1. The Morgan fingerprint density at radius 3 is 2.85 bits per heavy atom. The maximum atomic E-state index is 12.2. The van der Waals surface area contributed by atoms with Crippen LogP contribution in [0.4, 0.5) is 5.69 Å². The number of benzene rings is 1. The van der Waals surface area contributed by atoms with Crippen molar-refractivity contribution in [2.75, 3.05) is 5.32 Å². The van der Waals surface area contributed by atoms with Gasteiger partial charge >= 0.3 is 0 Å². The van der Waals surface area contributed by atoms with Crippen molar-refractivity contribution in [1.82, 2.24) is 4.98 Å². The lowest BCUT2D eigenvalue weighted by Crippen LogP contribution is -2.13. The normalized spacial score (nSPS) is 10.3. The molecule has 0 aliphatic heterocycles. The van der Waals surface area contributed by atoms with E-state index in [1.54, 1.807) is 30.3 Å². The fraction of sp³-hybridized carbons (Fsp3) is 0.200. The summed E-state index contributed by atoms with van der Waals surface area (Å²) in [5.74, 6) is -0.251. The molecule has 1 aromatic heterocycles. The average molecular weight is 291 g/mol. The molecule has 0 aliphatic rings. The maximum absolute atomic E-state index is 12.2. The third kappa shape index (κ3) is 3.56. The van der Waals surface area contributed by atoms with E-state index >= 15 is 0 Å². The standard InChI is InChI=1S/C15H15ClN2O2/c1-2-12-7-11(8-14(16)17-12)15(20)18-13-5-3-4-10(6-13)9-19/h3-8,19H,2,9H2,1H3,(H,18,20). The van der Waals surface area contributed by atoms with E-state index in [-0.39, 0.29) is 12.5 Å². The second-order valence-corrected chi connectivity index (χ2v) is 4.72. The SMILES string of the molecule is CCc1cc(C(=O)Nc2cccc(CO)c2)cc(Cl)n1. The van der Waals surface area contributed by atoms with E-state index in [9.17, 15) is 4.79 Å². The van der Waals surface area contributed by atoms with Crippen LogP contribution in [-0.4, -0.2) is 16.0 Å². The van der Waals surface area contributed by atoms with Crippen molar-refractivity contribution in [1.29, 1.82) is 0 Å². The maximum Gasteiger partial charge on any atom is 0.255 e. The van der Waals surface area contributed by atoms with E-state index in [1.165, 1.54) is 6.07 Å². The van der Waals surface area contributed by atoms with Crippen LogP contribution >= 0.6 is 11.6 Å². The minimum absolute atomic E-state index is 0.0647. The average Bonchev–Trinajstić information content (AvgIpc) is 2.46. The second-order valence-electron chi connectivity index (χ2n) is 4.34. The van der Waals surface area contributed by atoms with Crippen molar-refractivity contribution in [3.05, 3.63) is 58.4 Å². The van der Waals surface area contributed by atoms with E-state index in [1.807, 2.05) is 6.92 Å². The van der Waals surface area contributed by atoms with Crippen LogP contribution in [0.5, 0.6) is 0 Å². The quantitative estimate of drug-likeness (QED) is 0.851. The molecule has 1 aromatic carbocycles. The Kier molecular flexibility index (Phi) is 4.71. The minimum atomic E-state index is -0.251. The van der Waals surface area contributed by atoms with Crippen molar-refractivity contribution >= 4 is 23.2 Å². The van der Waals surface area contributed by atoms with E-state index in [4.69, 9.17) is 16.7 Å². The van der Waals surface area contributed by atoms with Gasteiger partial charge in [-0.05, 0) is 36.2 Å². The number of aryl methyl sites for hydroxylation is 1. The molecule has 0 unspecified atom stereocenters. The Morgan fingerprint density at radius 2 is 2.15 bits per heavy atom. The Hall–Kier alpha value is -1.91. The molecule has 0 atom stereocenters. The Bertz CT molecular complexity index is 629. The molecule has 0 bridgehead atoms. The van der Waals surface area contributed by atoms with Gasteiger partial charge in [-0.25, -0.2) is 4.98 Å². The van der Waals surface area contributed by atoms with E-state index in [2.05, 4.69) is 10.3 Å². The summed E-state index contributed by atoms with van der Waals surface area (Å²) in [7, 11) is 0. The number of aliphatic hydroxyl groups excluding tert-OH is 1. The molecule has 2 rings (SSSR count). The highest BCUT2D eigenvalue weighted by Crippen LogP contribution is 2.15. The molecule has 0 saturated carbocycles. The number of aromatic nitrogens is 1. The van der Waals surface area contributed by atoms with E-state index < -0.39 is 0 Å². The van der Waals surface area contributed by atoms with Crippen LogP contribution in [0.2, 0.25) is 5.15 Å². The van der Waals surface area contributed by atoms with Gasteiger partial charge in [0.2, 0.25) is 0 Å². The molecule has 5 heteroatoms. The largest absolute Gasteiger partial charge is 0.392 e. The molecule has 1 heterocycles. The predicted molar refractivity (Wildman–Crippen MR) is 78.9 cm³/mol. The molecule has 1 amide bonds. The number of nitrogens with zero attached hydrogens (tertiary/aromatic N) is 1. The van der Waals surface area contributed by atoms with Gasteiger partial charge in [-0.2, -0.15) is 0 Å². The number of hydrogen-bond acceptors (Lipinski definition) is 3. The lowest BCUT2D eigenvalue weighted by Gasteiger charge is -2.08. The van der Waals surface area contributed by atoms with E-state index in [0.29, 0.717) is 22.8 Å². The summed E-state index contributed by atoms with van der Waals surface area (Å²) in [4.78, 5) is 16.3. The fourth-order valence-corrected chi connectivity index (χ4v) is 2.04. The number of halogens is 1. The van der Waals surface area contributed by atoms with Crippen LogP contribution in [-0.2, 0) is 13.0 Å². The lowest BCUT2D eigenvalue weighted by molar-refractivity contribution is 0.102. The van der Waals surface area contributed by atoms with Gasteiger partial charge in [0, 0.05) is 16.9 Å². The molecular weight excluding hydrogens is 276 g/mol. The molecule has 2 N–H and O–H groups in total. The zero-order chi connectivity index (χ0) is 14.5. The summed E-state index contributed by atoms with van der Waals surface area (Å²) in [5.41, 5.74) is 2.61. The number of anilines is 1. The number of carbonyl (C=O) groups excluding carboxylic acids is 1. The Morgan fingerprint density at radius 1 is 1.35 bits per heavy atom. The minimum Gasteiger partial charge on any atom is -0.392 e. The third-order valence-corrected chi connectivity index (χ3v) is 3.03. The molecule has 0 aliphatic carbocycles. The van der Waals surface area contributed by atoms with Gasteiger partial charge in [-0.3, -0.25) is 4.79 Å². The number of pyridine rings is 1. The van der Waals surface area contributed by atoms with Gasteiger partial charge in [-0.15, -0.1) is 0 Å². The van der Waals surface area contributed by atoms with Crippen LogP contribution in [0.15, 0.2) is 36.4 Å². The fourth-order valence-electron chi connectivity index (χ4n) is 1.81. The summed E-state index contributed by atoms with van der Waals surface area (Å²) in [6.45, 7) is 1.88. The Balaban J connectivity index is 2.21. The summed E-state index contributed by atoms with van der Waals surface area (Å²) < 4.78 is 0. The van der Waals surface area contributed by atoms with Crippen molar-refractivity contribution in [3.8, 4) is 0 Å². The summed E-state index contributed by atoms with van der Waals surface area (Å²) in [6, 6.07) is 10.3. The van der Waals surface area contributed by atoms with E-state index in [0.717, 1.165) is 11.3 Å². The van der Waals surface area contributed by atoms with Crippen LogP contribution in [0.25, 0.3) is 0 Å². The molecule has 0 radical (unpaired) electrons. The summed E-state index contributed by atoms with van der Waals surface area (Å²) in [6.07, 6.45) is 0.709. The summed E-state index contributed by atoms with van der Waals surface area (Å²) in [5, 5.41) is 12.2. The topological polar surface area (TPSA) is 62.2 Å². The first-order valence-electron chi connectivity index (χ1n) is 6.30. The second kappa shape index (κ2) is 6.50. The van der Waals surface area contributed by atoms with Gasteiger partial charge < -0.3 is 10.4 Å². The monoisotopic (exact) mass is 290 g/mol. The van der Waals surface area contributed by atoms with Gasteiger partial charge in [0.15, 0.2) is 0 Å². The molecule has 104 valence electrons. The molecule has 0 spiro atoms. The van der Waals surface area contributed by atoms with Crippen LogP contribution < -0.4 is 5.32 Å². The number of rotatable bonds is 4. The molecule has 2 aromatic rings. The predicted octanol–water partition coefficient (Wildman–Crippen LogP) is 3.04. The number of carbonyl (C=O) groups is 1. The smallest absolute Gasteiger partial charge is 0.255 e. The lowest BCUT2D eigenvalue weighted by atomic mass is 10.1. The molecule has 0 saturated heterocycles. The Labute approximate surface area is 122 Å². The highest BCUT2D eigenvalue weighted by atomic mass is 35.5. The molecule has 0 fully saturated rings. The van der Waals surface area contributed by atoms with Crippen molar-refractivity contribution < 1.29 is 9.90 Å². The van der Waals surface area contributed by atoms with Crippen LogP contribution in [0, 0.1) is 0 Å². The van der Waals surface area contributed by atoms with Crippen molar-refractivity contribution in [2.45, 2.75) is 20.0 Å². The van der Waals surface area contributed by atoms with Gasteiger partial charge in [-0.1, -0.05) is 30.7 Å². The summed E-state index contributed by atoms with van der Waals surface area (Å²) >= 11 is 5.90. The first-order valence-corrected chi connectivity index (χ1v) is 6.67. The first kappa shape index (κ1) is 14.5. The highest BCUT2D eigenvalue weighted by molar-refractivity contribution is 6.29. The highest BCUT2D eigenvalue weighted by Gasteiger charge is 2.09. The number of amides is 1. The van der Waals surface area contributed by atoms with Crippen molar-refractivity contribution in [2.24, 2.45) is 0 Å². The zero-order valence-electron chi connectivity index (χ0n) is 11.1.